The van der Waals surface area contributed by atoms with Gasteiger partial charge >= 0.3 is 0 Å². The maximum absolute atomic E-state index is 11.9. The maximum Gasteiger partial charge on any atom is 0.254 e. The minimum Gasteiger partial charge on any atom is -0.365 e. The van der Waals surface area contributed by atoms with Crippen LogP contribution in [-0.4, -0.2) is 76.1 Å². The Balaban J connectivity index is 0.000000181. The Bertz CT molecular complexity index is 2190. The molecule has 2 fully saturated rings. The Morgan fingerprint density at radius 2 is 1.05 bits per heavy atom. The van der Waals surface area contributed by atoms with Gasteiger partial charge in [0, 0.05) is 71.5 Å². The summed E-state index contributed by atoms with van der Waals surface area (Å²) >= 11 is 0. The lowest BCUT2D eigenvalue weighted by Crippen LogP contribution is -2.43. The fourth-order valence-electron chi connectivity index (χ4n) is 7.12. The van der Waals surface area contributed by atoms with E-state index in [4.69, 9.17) is 22.9 Å². The molecule has 2 aromatic carbocycles. The van der Waals surface area contributed by atoms with Crippen molar-refractivity contribution in [2.45, 2.75) is 75.5 Å². The Morgan fingerprint density at radius 1 is 0.533 bits per heavy atom. The van der Waals surface area contributed by atoms with E-state index in [1.54, 1.807) is 31.0 Å². The van der Waals surface area contributed by atoms with Crippen molar-refractivity contribution >= 4 is 46.7 Å². The summed E-state index contributed by atoms with van der Waals surface area (Å²) in [6.07, 6.45) is 19.6. The minimum atomic E-state index is -0.602. The van der Waals surface area contributed by atoms with Gasteiger partial charge in [-0.2, -0.15) is 20.2 Å². The van der Waals surface area contributed by atoms with Gasteiger partial charge in [-0.05, 0) is 61.6 Å². The first-order valence-corrected chi connectivity index (χ1v) is 19.9. The number of aromatic nitrogens is 8. The predicted octanol–water partition coefficient (Wildman–Crippen LogP) is 4.92. The number of amides is 2. The van der Waals surface area contributed by atoms with Gasteiger partial charge in [0.25, 0.3) is 11.8 Å². The third-order valence-corrected chi connectivity index (χ3v) is 10.4. The molecule has 0 unspecified atom stereocenters. The van der Waals surface area contributed by atoms with Crippen LogP contribution in [0.1, 0.15) is 72.1 Å². The summed E-state index contributed by atoms with van der Waals surface area (Å²) < 4.78 is 0. The molecule has 2 aliphatic carbocycles. The normalized spacial score (nSPS) is 18.6. The second-order valence-electron chi connectivity index (χ2n) is 14.7. The number of rotatable bonds is 12. The molecule has 0 bridgehead atoms. The number of nitrogens with zero attached hydrogens (tertiary/aromatic N) is 8. The van der Waals surface area contributed by atoms with E-state index < -0.39 is 11.8 Å². The molecular formula is C42H48N16O2. The molecule has 12 N–H and O–H groups in total. The van der Waals surface area contributed by atoms with Crippen molar-refractivity contribution in [2.75, 3.05) is 21.3 Å². The van der Waals surface area contributed by atoms with Gasteiger partial charge in [0.1, 0.15) is 22.8 Å². The lowest BCUT2D eigenvalue weighted by atomic mass is 9.91. The zero-order chi connectivity index (χ0) is 41.8. The fourth-order valence-corrected chi connectivity index (χ4v) is 7.12. The zero-order valence-corrected chi connectivity index (χ0v) is 32.9. The molecule has 18 nitrogen and oxygen atoms in total. The number of hydrogen-bond acceptors (Lipinski definition) is 16. The van der Waals surface area contributed by atoms with Gasteiger partial charge in [-0.25, -0.2) is 9.97 Å². The average Bonchev–Trinajstić information content (AvgIpc) is 3.27. The first kappa shape index (κ1) is 41.0. The zero-order valence-electron chi connectivity index (χ0n) is 32.9. The summed E-state index contributed by atoms with van der Waals surface area (Å²) in [7, 11) is 0. The van der Waals surface area contributed by atoms with Crippen LogP contribution in [0.15, 0.2) is 98.0 Å². The van der Waals surface area contributed by atoms with Crippen LogP contribution in [0.4, 0.5) is 34.9 Å². The highest BCUT2D eigenvalue weighted by molar-refractivity contribution is 5.98. The molecule has 18 heteroatoms. The van der Waals surface area contributed by atoms with E-state index in [0.717, 1.165) is 85.1 Å². The number of carbonyl (C=O) groups excluding carboxylic acids is 2. The van der Waals surface area contributed by atoms with Crippen LogP contribution in [0.3, 0.4) is 0 Å². The highest BCUT2D eigenvalue weighted by atomic mass is 16.1. The van der Waals surface area contributed by atoms with E-state index in [9.17, 15) is 9.59 Å². The van der Waals surface area contributed by atoms with E-state index in [-0.39, 0.29) is 35.3 Å². The number of nitrogens with two attached hydrogens (primary N) is 4. The van der Waals surface area contributed by atoms with Crippen LogP contribution in [0.2, 0.25) is 0 Å². The molecule has 2 saturated carbocycles. The standard InChI is InChI=1S/2C21H24N8O/c22-17-3-1-2-4-18(17)28-21-24-12-16(19(23)30)20(29-21)27-15-7-5-13(6-8-15)14-9-10-25-26-11-14;22-16-3-1-2-4-17(16)28-21-26-11-15(19(23)30)20(29-21)27-14-7-5-13(6-8-14)18-12-24-9-10-25-18/h5-12,17-18H,1-4,22H2,(H2,23,30)(H2,24,27,28,29);5-12,16-17H,1-4,22H2,(H2,23,30)(H2,26,27,28,29)/t17-,18+;16-,17+/m00/s1. The van der Waals surface area contributed by atoms with E-state index in [1.165, 1.54) is 12.4 Å². The molecule has 2 amide bonds. The summed E-state index contributed by atoms with van der Waals surface area (Å²) in [5, 5.41) is 20.6. The highest BCUT2D eigenvalue weighted by Gasteiger charge is 2.24. The number of nitrogens with one attached hydrogen (secondary N) is 4. The predicted molar refractivity (Wildman–Crippen MR) is 230 cm³/mol. The summed E-state index contributed by atoms with van der Waals surface area (Å²) in [5.41, 5.74) is 29.1. The van der Waals surface area contributed by atoms with Gasteiger partial charge in [0.2, 0.25) is 11.9 Å². The third-order valence-electron chi connectivity index (χ3n) is 10.4. The van der Waals surface area contributed by atoms with Crippen LogP contribution in [0.5, 0.6) is 0 Å². The first-order valence-electron chi connectivity index (χ1n) is 19.9. The molecule has 308 valence electrons. The first-order chi connectivity index (χ1) is 29.2. The molecule has 8 rings (SSSR count). The Kier molecular flexibility index (Phi) is 13.3. The number of carbonyl (C=O) groups is 2. The minimum absolute atomic E-state index is 0.0585. The Morgan fingerprint density at radius 3 is 1.50 bits per heavy atom. The molecule has 4 heterocycles. The van der Waals surface area contributed by atoms with Crippen LogP contribution in [0, 0.1) is 0 Å². The topological polar surface area (TPSA) is 289 Å². The van der Waals surface area contributed by atoms with Crippen molar-refractivity contribution in [3.63, 3.8) is 0 Å². The number of anilines is 6. The highest BCUT2D eigenvalue weighted by Crippen LogP contribution is 2.27. The quantitative estimate of drug-likeness (QED) is 0.0814. The SMILES string of the molecule is NC(=O)c1cnc(N[C@@H]2CCCC[C@@H]2N)nc1Nc1ccc(-c2ccnnc2)cc1.NC(=O)c1cnc(N[C@@H]2CCCC[C@@H]2N)nc1Nc1ccc(-c2cnccn2)cc1. The fraction of sp³-hybridized carbons (Fsp3) is 0.286. The number of primary amides is 2. The summed E-state index contributed by atoms with van der Waals surface area (Å²) in [6.45, 7) is 0. The van der Waals surface area contributed by atoms with Gasteiger partial charge in [-0.1, -0.05) is 49.9 Å². The summed E-state index contributed by atoms with van der Waals surface area (Å²) in [6, 6.07) is 17.5. The van der Waals surface area contributed by atoms with Crippen molar-refractivity contribution in [3.05, 3.63) is 109 Å². The number of benzene rings is 2. The lowest BCUT2D eigenvalue weighted by molar-refractivity contribution is 0.0992. The molecule has 6 aromatic rings. The summed E-state index contributed by atoms with van der Waals surface area (Å²) in [4.78, 5) is 49.6. The molecule has 2 aliphatic rings. The molecular weight excluding hydrogens is 761 g/mol. The van der Waals surface area contributed by atoms with Crippen molar-refractivity contribution in [3.8, 4) is 22.4 Å². The smallest absolute Gasteiger partial charge is 0.254 e. The second kappa shape index (κ2) is 19.5. The lowest BCUT2D eigenvalue weighted by Gasteiger charge is -2.29. The molecule has 0 aliphatic heterocycles. The van der Waals surface area contributed by atoms with Crippen molar-refractivity contribution < 1.29 is 9.59 Å². The summed E-state index contributed by atoms with van der Waals surface area (Å²) in [5.74, 6) is 0.331. The van der Waals surface area contributed by atoms with Gasteiger partial charge < -0.3 is 44.2 Å². The van der Waals surface area contributed by atoms with Crippen LogP contribution < -0.4 is 44.2 Å². The average molecular weight is 809 g/mol. The van der Waals surface area contributed by atoms with E-state index in [2.05, 4.69) is 61.4 Å². The van der Waals surface area contributed by atoms with Crippen LogP contribution >= 0.6 is 0 Å². The Hall–Kier alpha value is -7.18. The maximum atomic E-state index is 11.9. The monoisotopic (exact) mass is 808 g/mol. The van der Waals surface area contributed by atoms with Gasteiger partial charge in [0.15, 0.2) is 0 Å². The second-order valence-corrected chi connectivity index (χ2v) is 14.7. The van der Waals surface area contributed by atoms with Crippen molar-refractivity contribution in [1.82, 2.24) is 40.1 Å². The van der Waals surface area contributed by atoms with Gasteiger partial charge in [-0.3, -0.25) is 19.6 Å². The van der Waals surface area contributed by atoms with Crippen LogP contribution in [0.25, 0.3) is 22.4 Å². The van der Waals surface area contributed by atoms with Crippen LogP contribution in [-0.2, 0) is 0 Å². The molecule has 4 aromatic heterocycles. The molecule has 60 heavy (non-hydrogen) atoms. The van der Waals surface area contributed by atoms with Gasteiger partial charge in [-0.15, -0.1) is 0 Å². The molecule has 0 spiro atoms. The van der Waals surface area contributed by atoms with E-state index in [0.29, 0.717) is 23.5 Å². The number of hydrogen-bond donors (Lipinski definition) is 8. The van der Waals surface area contributed by atoms with Crippen molar-refractivity contribution in [1.29, 1.82) is 0 Å². The van der Waals surface area contributed by atoms with E-state index in [1.807, 2.05) is 54.6 Å². The molecule has 4 atom stereocenters. The Labute approximate surface area is 346 Å². The third kappa shape index (κ3) is 10.7. The molecule has 0 saturated heterocycles. The van der Waals surface area contributed by atoms with E-state index >= 15 is 0 Å². The van der Waals surface area contributed by atoms with Crippen molar-refractivity contribution in [2.24, 2.45) is 22.9 Å². The largest absolute Gasteiger partial charge is 0.365 e. The van der Waals surface area contributed by atoms with Gasteiger partial charge in [0.05, 0.1) is 24.3 Å². The molecule has 0 radical (unpaired) electrons.